The zero-order chi connectivity index (χ0) is 25.3. The molecule has 35 heavy (non-hydrogen) atoms. The molecule has 4 rings (SSSR count). The fourth-order valence-corrected chi connectivity index (χ4v) is 4.84. The molecule has 3 aromatic rings. The summed E-state index contributed by atoms with van der Waals surface area (Å²) in [6.07, 6.45) is 1.95. The molecule has 1 aromatic heterocycles. The molecule has 1 fully saturated rings. The Balaban J connectivity index is 1.90. The monoisotopic (exact) mass is 476 g/mol. The van der Waals surface area contributed by atoms with E-state index in [1.165, 1.54) is 0 Å². The van der Waals surface area contributed by atoms with Crippen LogP contribution in [0.3, 0.4) is 0 Å². The highest BCUT2D eigenvalue weighted by Crippen LogP contribution is 2.30. The van der Waals surface area contributed by atoms with Crippen LogP contribution in [0.5, 0.6) is 0 Å². The maximum atomic E-state index is 13.5. The molecule has 1 amide bonds. The molecule has 0 aliphatic carbocycles. The van der Waals surface area contributed by atoms with E-state index in [0.717, 1.165) is 47.3 Å². The van der Waals surface area contributed by atoms with Gasteiger partial charge in [0.2, 0.25) is 5.91 Å². The van der Waals surface area contributed by atoms with Gasteiger partial charge in [-0.15, -0.1) is 0 Å². The summed E-state index contributed by atoms with van der Waals surface area (Å²) in [4.78, 5) is 28.0. The number of carbonyl (C=O) groups is 1. The van der Waals surface area contributed by atoms with Gasteiger partial charge < -0.3 is 20.7 Å². The van der Waals surface area contributed by atoms with Crippen LogP contribution in [-0.4, -0.2) is 52.8 Å². The maximum Gasteiger partial charge on any atom is 0.258 e. The average Bonchev–Trinajstić information content (AvgIpc) is 2.82. The number of rotatable bonds is 7. The quantitative estimate of drug-likeness (QED) is 0.487. The Hall–Kier alpha value is -3.00. The molecule has 7 nitrogen and oxygen atoms in total. The molecule has 7 heteroatoms. The molecule has 4 N–H and O–H groups in total. The smallest absolute Gasteiger partial charge is 0.258 e. The lowest BCUT2D eigenvalue weighted by Crippen LogP contribution is -2.49. The zero-order valence-corrected chi connectivity index (χ0v) is 21.1. The lowest BCUT2D eigenvalue weighted by molar-refractivity contribution is 0.100. The molecule has 0 saturated carbocycles. The highest BCUT2D eigenvalue weighted by atomic mass is 16.3. The molecule has 186 valence electrons. The van der Waals surface area contributed by atoms with Gasteiger partial charge in [-0.05, 0) is 54.1 Å². The summed E-state index contributed by atoms with van der Waals surface area (Å²) in [5.74, 6) is -0.475. The molecule has 0 unspecified atom stereocenters. The second-order valence-electron chi connectivity index (χ2n) is 10.6. The molecule has 1 atom stereocenters. The Morgan fingerprint density at radius 1 is 1.20 bits per heavy atom. The van der Waals surface area contributed by atoms with Crippen molar-refractivity contribution in [3.63, 3.8) is 0 Å². The summed E-state index contributed by atoms with van der Waals surface area (Å²) in [6, 6.07) is 11.7. The molecular formula is C28H36N4O3. The van der Waals surface area contributed by atoms with Crippen molar-refractivity contribution in [1.29, 1.82) is 0 Å². The third kappa shape index (κ3) is 5.32. The lowest BCUT2D eigenvalue weighted by atomic mass is 9.93. The minimum atomic E-state index is -0.475. The normalized spacial score (nSPS) is 17.1. The van der Waals surface area contributed by atoms with Crippen LogP contribution in [0.4, 0.5) is 0 Å². The van der Waals surface area contributed by atoms with E-state index in [2.05, 4.69) is 17.1 Å². The summed E-state index contributed by atoms with van der Waals surface area (Å²) in [5.41, 5.74) is 9.35. The van der Waals surface area contributed by atoms with E-state index in [1.807, 2.05) is 57.3 Å². The molecule has 2 aromatic carbocycles. The van der Waals surface area contributed by atoms with Gasteiger partial charge in [0, 0.05) is 67.9 Å². The SMILES string of the molecule is Cc1ccc(C(N)=O)c(-c2ccc3c(=O)n(CC(C)(C)CO)cc(CN4CCNC[C@H]4C)c3c2)c1. The number of fused-ring (bicyclic) bond motifs is 1. The van der Waals surface area contributed by atoms with Gasteiger partial charge in [0.15, 0.2) is 0 Å². The fourth-order valence-electron chi connectivity index (χ4n) is 4.84. The summed E-state index contributed by atoms with van der Waals surface area (Å²) >= 11 is 0. The first-order valence-corrected chi connectivity index (χ1v) is 12.2. The van der Waals surface area contributed by atoms with Crippen LogP contribution in [0.1, 0.15) is 42.3 Å². The number of aromatic nitrogens is 1. The van der Waals surface area contributed by atoms with Gasteiger partial charge in [0.1, 0.15) is 0 Å². The van der Waals surface area contributed by atoms with Gasteiger partial charge in [-0.1, -0.05) is 37.6 Å². The Morgan fingerprint density at radius 3 is 2.66 bits per heavy atom. The number of hydrogen-bond donors (Lipinski definition) is 3. The van der Waals surface area contributed by atoms with Crippen molar-refractivity contribution >= 4 is 16.7 Å². The van der Waals surface area contributed by atoms with Gasteiger partial charge in [-0.3, -0.25) is 14.5 Å². The number of primary amides is 1. The predicted molar refractivity (Wildman–Crippen MR) is 141 cm³/mol. The Bertz CT molecular complexity index is 1310. The average molecular weight is 477 g/mol. The molecule has 0 radical (unpaired) electrons. The first-order chi connectivity index (χ1) is 16.6. The fraction of sp³-hybridized carbons (Fsp3) is 0.429. The van der Waals surface area contributed by atoms with Crippen molar-refractivity contribution in [2.75, 3.05) is 26.2 Å². The number of benzene rings is 2. The van der Waals surface area contributed by atoms with E-state index in [-0.39, 0.29) is 12.2 Å². The summed E-state index contributed by atoms with van der Waals surface area (Å²) < 4.78 is 1.74. The number of nitrogens with one attached hydrogen (secondary N) is 1. The van der Waals surface area contributed by atoms with E-state index in [0.29, 0.717) is 30.1 Å². The standard InChI is InChI=1S/C28H36N4O3/c1-18-5-7-22(26(29)34)24(11-18)20-6-8-23-25(12-20)21(14-31-10-9-30-13-19(31)2)15-32(27(23)35)16-28(3,4)17-33/h5-8,11-12,15,19,30,33H,9-10,13-14,16-17H2,1-4H3,(H2,29,34)/t19-/m1/s1. The van der Waals surface area contributed by atoms with Crippen molar-refractivity contribution in [2.24, 2.45) is 11.1 Å². The van der Waals surface area contributed by atoms with E-state index in [4.69, 9.17) is 5.73 Å². The van der Waals surface area contributed by atoms with E-state index in [9.17, 15) is 14.7 Å². The second-order valence-corrected chi connectivity index (χ2v) is 10.6. The Labute approximate surface area is 206 Å². The van der Waals surface area contributed by atoms with Gasteiger partial charge in [-0.2, -0.15) is 0 Å². The lowest BCUT2D eigenvalue weighted by Gasteiger charge is -2.34. The van der Waals surface area contributed by atoms with Crippen LogP contribution >= 0.6 is 0 Å². The van der Waals surface area contributed by atoms with Crippen LogP contribution < -0.4 is 16.6 Å². The molecule has 0 spiro atoms. The topological polar surface area (TPSA) is 101 Å². The van der Waals surface area contributed by atoms with Crippen molar-refractivity contribution in [1.82, 2.24) is 14.8 Å². The van der Waals surface area contributed by atoms with Gasteiger partial charge >= 0.3 is 0 Å². The van der Waals surface area contributed by atoms with Crippen molar-refractivity contribution in [3.05, 3.63) is 69.6 Å². The maximum absolute atomic E-state index is 13.5. The highest BCUT2D eigenvalue weighted by Gasteiger charge is 2.23. The minimum absolute atomic E-state index is 0.0101. The van der Waals surface area contributed by atoms with Crippen LogP contribution in [0.15, 0.2) is 47.4 Å². The summed E-state index contributed by atoms with van der Waals surface area (Å²) in [6.45, 7) is 12.0. The number of amides is 1. The third-order valence-corrected chi connectivity index (χ3v) is 6.96. The Kier molecular flexibility index (Phi) is 7.12. The van der Waals surface area contributed by atoms with Crippen molar-refractivity contribution in [2.45, 2.75) is 46.8 Å². The van der Waals surface area contributed by atoms with E-state index >= 15 is 0 Å². The zero-order valence-electron chi connectivity index (χ0n) is 21.1. The molecular weight excluding hydrogens is 440 g/mol. The number of aryl methyl sites for hydroxylation is 1. The van der Waals surface area contributed by atoms with Crippen molar-refractivity contribution < 1.29 is 9.90 Å². The van der Waals surface area contributed by atoms with Crippen LogP contribution in [-0.2, 0) is 13.1 Å². The largest absolute Gasteiger partial charge is 0.396 e. The first kappa shape index (κ1) is 25.1. The molecule has 1 saturated heterocycles. The minimum Gasteiger partial charge on any atom is -0.396 e. The van der Waals surface area contributed by atoms with E-state index in [1.54, 1.807) is 10.6 Å². The summed E-state index contributed by atoms with van der Waals surface area (Å²) in [7, 11) is 0. The van der Waals surface area contributed by atoms with Crippen LogP contribution in [0.25, 0.3) is 21.9 Å². The number of pyridine rings is 1. The number of aliphatic hydroxyl groups excluding tert-OH is 1. The molecule has 1 aliphatic rings. The number of aliphatic hydroxyl groups is 1. The van der Waals surface area contributed by atoms with Gasteiger partial charge in [-0.25, -0.2) is 0 Å². The molecule has 2 heterocycles. The molecule has 0 bridgehead atoms. The predicted octanol–water partition coefficient (Wildman–Crippen LogP) is 2.89. The van der Waals surface area contributed by atoms with Crippen LogP contribution in [0, 0.1) is 12.3 Å². The van der Waals surface area contributed by atoms with Gasteiger partial charge in [0.05, 0.1) is 0 Å². The highest BCUT2D eigenvalue weighted by molar-refractivity contribution is 6.01. The van der Waals surface area contributed by atoms with E-state index < -0.39 is 11.3 Å². The molecule has 1 aliphatic heterocycles. The van der Waals surface area contributed by atoms with Crippen molar-refractivity contribution in [3.8, 4) is 11.1 Å². The number of nitrogens with zero attached hydrogens (tertiary/aromatic N) is 2. The Morgan fingerprint density at radius 2 is 1.97 bits per heavy atom. The third-order valence-electron chi connectivity index (χ3n) is 6.96. The van der Waals surface area contributed by atoms with Gasteiger partial charge in [0.25, 0.3) is 5.56 Å². The summed E-state index contributed by atoms with van der Waals surface area (Å²) in [5, 5.41) is 14.8. The number of piperazine rings is 1. The first-order valence-electron chi connectivity index (χ1n) is 12.2. The number of hydrogen-bond acceptors (Lipinski definition) is 5. The van der Waals surface area contributed by atoms with Crippen LogP contribution in [0.2, 0.25) is 0 Å². The number of carbonyl (C=O) groups excluding carboxylic acids is 1. The number of nitrogens with two attached hydrogens (primary N) is 1. The second kappa shape index (κ2) is 9.93.